The Hall–Kier alpha value is -1.00. The molecule has 21 heavy (non-hydrogen) atoms. The van der Waals surface area contributed by atoms with Crippen molar-refractivity contribution in [2.45, 2.75) is 16.1 Å². The summed E-state index contributed by atoms with van der Waals surface area (Å²) in [5, 5.41) is 0. The maximum atomic E-state index is 5.27. The van der Waals surface area contributed by atoms with Gasteiger partial charge in [-0.05, 0) is 41.8 Å². The zero-order valence-electron chi connectivity index (χ0n) is 12.1. The highest BCUT2D eigenvalue weighted by Crippen LogP contribution is 2.34. The van der Waals surface area contributed by atoms with Crippen LogP contribution in [0.15, 0.2) is 48.5 Å². The van der Waals surface area contributed by atoms with Gasteiger partial charge in [0.05, 0.1) is 19.0 Å². The fourth-order valence-corrected chi connectivity index (χ4v) is 3.30. The molecule has 4 heteroatoms. The second kappa shape index (κ2) is 7.85. The van der Waals surface area contributed by atoms with Crippen LogP contribution in [0.25, 0.3) is 0 Å². The quantitative estimate of drug-likeness (QED) is 0.610. The van der Waals surface area contributed by atoms with Gasteiger partial charge >= 0.3 is 0 Å². The molecule has 0 aliphatic heterocycles. The van der Waals surface area contributed by atoms with Crippen LogP contribution >= 0.6 is 31.9 Å². The molecule has 2 aromatic rings. The fourth-order valence-electron chi connectivity index (χ4n) is 2.12. The zero-order chi connectivity index (χ0) is 15.2. The van der Waals surface area contributed by atoms with Crippen LogP contribution in [-0.4, -0.2) is 19.0 Å². The highest BCUT2D eigenvalue weighted by atomic mass is 79.9. The molecular formula is C17H18Br2O2. The van der Waals surface area contributed by atoms with Gasteiger partial charge in [-0.15, -0.1) is 0 Å². The van der Waals surface area contributed by atoms with Gasteiger partial charge in [-0.1, -0.05) is 56.1 Å². The van der Waals surface area contributed by atoms with E-state index in [4.69, 9.17) is 9.47 Å². The Morgan fingerprint density at radius 3 is 2.19 bits per heavy atom. The van der Waals surface area contributed by atoms with Crippen molar-refractivity contribution in [3.05, 3.63) is 59.7 Å². The summed E-state index contributed by atoms with van der Waals surface area (Å²) >= 11 is 7.55. The van der Waals surface area contributed by atoms with Crippen molar-refractivity contribution >= 4 is 31.9 Å². The lowest BCUT2D eigenvalue weighted by Gasteiger charge is -2.18. The van der Waals surface area contributed by atoms with Gasteiger partial charge < -0.3 is 9.47 Å². The van der Waals surface area contributed by atoms with Crippen LogP contribution in [0.3, 0.4) is 0 Å². The molecule has 2 unspecified atom stereocenters. The van der Waals surface area contributed by atoms with Crippen molar-refractivity contribution in [1.29, 1.82) is 0 Å². The minimum atomic E-state index is 0.231. The lowest BCUT2D eigenvalue weighted by Crippen LogP contribution is -2.10. The number of hydrogen-bond donors (Lipinski definition) is 0. The Bertz CT molecular complexity index is 569. The Morgan fingerprint density at radius 2 is 1.57 bits per heavy atom. The number of halogens is 2. The van der Waals surface area contributed by atoms with Gasteiger partial charge in [-0.2, -0.15) is 0 Å². The number of rotatable bonds is 6. The van der Waals surface area contributed by atoms with Crippen LogP contribution < -0.4 is 9.47 Å². The van der Waals surface area contributed by atoms with E-state index in [1.807, 2.05) is 24.3 Å². The number of alkyl halides is 2. The third kappa shape index (κ3) is 4.48. The van der Waals surface area contributed by atoms with Crippen molar-refractivity contribution in [3.8, 4) is 11.5 Å². The zero-order valence-corrected chi connectivity index (χ0v) is 15.2. The topological polar surface area (TPSA) is 18.5 Å². The molecular weight excluding hydrogens is 396 g/mol. The first-order chi connectivity index (χ1) is 10.1. The summed E-state index contributed by atoms with van der Waals surface area (Å²) in [5.41, 5.74) is 2.47. The Balaban J connectivity index is 2.05. The van der Waals surface area contributed by atoms with E-state index in [-0.39, 0.29) is 9.65 Å². The number of ether oxygens (including phenoxy) is 2. The van der Waals surface area contributed by atoms with Gasteiger partial charge in [0, 0.05) is 4.83 Å². The van der Waals surface area contributed by atoms with Gasteiger partial charge in [0.2, 0.25) is 0 Å². The molecule has 0 saturated carbocycles. The third-order valence-corrected chi connectivity index (χ3v) is 6.05. The molecule has 0 radical (unpaired) electrons. The molecule has 2 nitrogen and oxygen atoms in total. The predicted molar refractivity (Wildman–Crippen MR) is 94.1 cm³/mol. The first kappa shape index (κ1) is 16.4. The van der Waals surface area contributed by atoms with Crippen molar-refractivity contribution < 1.29 is 9.47 Å². The third-order valence-electron chi connectivity index (χ3n) is 3.32. The first-order valence-electron chi connectivity index (χ1n) is 6.69. The molecule has 0 aliphatic rings. The van der Waals surface area contributed by atoms with Gasteiger partial charge in [-0.25, -0.2) is 0 Å². The van der Waals surface area contributed by atoms with Crippen molar-refractivity contribution in [3.63, 3.8) is 0 Å². The van der Waals surface area contributed by atoms with E-state index < -0.39 is 0 Å². The molecule has 0 saturated heterocycles. The number of hydrogen-bond acceptors (Lipinski definition) is 2. The van der Waals surface area contributed by atoms with Crippen molar-refractivity contribution in [1.82, 2.24) is 0 Å². The SMILES string of the molecule is COc1ccc(C(Br)C(Br)Cc2cccc(OC)c2)cc1. The molecule has 0 aromatic heterocycles. The molecule has 2 rings (SSSR count). The molecule has 0 spiro atoms. The van der Waals surface area contributed by atoms with E-state index in [2.05, 4.69) is 56.1 Å². The summed E-state index contributed by atoms with van der Waals surface area (Å²) in [7, 11) is 3.37. The monoisotopic (exact) mass is 412 g/mol. The summed E-state index contributed by atoms with van der Waals surface area (Å²) in [6, 6.07) is 16.3. The van der Waals surface area contributed by atoms with Crippen LogP contribution in [0, 0.1) is 0 Å². The van der Waals surface area contributed by atoms with E-state index in [0.717, 1.165) is 17.9 Å². The molecule has 0 fully saturated rings. The summed E-state index contributed by atoms with van der Waals surface area (Å²) in [6.07, 6.45) is 0.916. The number of benzene rings is 2. The normalized spacial score (nSPS) is 13.5. The van der Waals surface area contributed by atoms with Gasteiger partial charge in [-0.3, -0.25) is 0 Å². The maximum Gasteiger partial charge on any atom is 0.119 e. The van der Waals surface area contributed by atoms with Crippen LogP contribution in [0.2, 0.25) is 0 Å². The predicted octanol–water partition coefficient (Wildman–Crippen LogP) is 5.15. The van der Waals surface area contributed by atoms with Crippen LogP contribution in [0.5, 0.6) is 11.5 Å². The largest absolute Gasteiger partial charge is 0.497 e. The van der Waals surface area contributed by atoms with E-state index in [0.29, 0.717) is 0 Å². The molecule has 0 bridgehead atoms. The van der Waals surface area contributed by atoms with Gasteiger partial charge in [0.1, 0.15) is 11.5 Å². The molecule has 0 amide bonds. The van der Waals surface area contributed by atoms with E-state index in [1.54, 1.807) is 14.2 Å². The molecule has 0 aliphatic carbocycles. The average molecular weight is 414 g/mol. The van der Waals surface area contributed by atoms with Gasteiger partial charge in [0.25, 0.3) is 0 Å². The summed E-state index contributed by atoms with van der Waals surface area (Å²) in [6.45, 7) is 0. The van der Waals surface area contributed by atoms with Gasteiger partial charge in [0.15, 0.2) is 0 Å². The lowest BCUT2D eigenvalue weighted by molar-refractivity contribution is 0.414. The van der Waals surface area contributed by atoms with Crippen molar-refractivity contribution in [2.75, 3.05) is 14.2 Å². The fraction of sp³-hybridized carbons (Fsp3) is 0.294. The highest BCUT2D eigenvalue weighted by Gasteiger charge is 2.18. The number of methoxy groups -OCH3 is 2. The summed E-state index contributed by atoms with van der Waals surface area (Å²) < 4.78 is 10.5. The van der Waals surface area contributed by atoms with Crippen LogP contribution in [-0.2, 0) is 6.42 Å². The van der Waals surface area contributed by atoms with Crippen molar-refractivity contribution in [2.24, 2.45) is 0 Å². The molecule has 112 valence electrons. The van der Waals surface area contributed by atoms with Crippen LogP contribution in [0.1, 0.15) is 16.0 Å². The van der Waals surface area contributed by atoms with E-state index in [9.17, 15) is 0 Å². The lowest BCUT2D eigenvalue weighted by atomic mass is 10.0. The summed E-state index contributed by atoms with van der Waals surface area (Å²) in [5.74, 6) is 1.76. The molecule has 2 aromatic carbocycles. The minimum Gasteiger partial charge on any atom is -0.497 e. The standard InChI is InChI=1S/C17H18Br2O2/c1-20-14-8-6-13(7-9-14)17(19)16(18)11-12-4-3-5-15(10-12)21-2/h3-10,16-17H,11H2,1-2H3. The maximum absolute atomic E-state index is 5.27. The molecule has 0 heterocycles. The second-order valence-corrected chi connectivity index (χ2v) is 6.91. The summed E-state index contributed by atoms with van der Waals surface area (Å²) in [4.78, 5) is 0.521. The minimum absolute atomic E-state index is 0.231. The van der Waals surface area contributed by atoms with E-state index in [1.165, 1.54) is 11.1 Å². The van der Waals surface area contributed by atoms with E-state index >= 15 is 0 Å². The Labute approximate surface area is 142 Å². The highest BCUT2D eigenvalue weighted by molar-refractivity contribution is 9.12. The second-order valence-electron chi connectivity index (χ2n) is 4.75. The smallest absolute Gasteiger partial charge is 0.119 e. The Morgan fingerprint density at radius 1 is 0.905 bits per heavy atom. The first-order valence-corrected chi connectivity index (χ1v) is 8.52. The molecule has 2 atom stereocenters. The molecule has 0 N–H and O–H groups in total. The average Bonchev–Trinajstić information content (AvgIpc) is 2.54. The van der Waals surface area contributed by atoms with Crippen LogP contribution in [0.4, 0.5) is 0 Å². The Kier molecular flexibility index (Phi) is 6.12.